The third-order valence-electron chi connectivity index (χ3n) is 1.82. The maximum Gasteiger partial charge on any atom is 0.257 e. The molecule has 14 heavy (non-hydrogen) atoms. The Morgan fingerprint density at radius 1 is 1.00 bits per heavy atom. The molecule has 0 saturated heterocycles. The molecule has 0 radical (unpaired) electrons. The van der Waals surface area contributed by atoms with Gasteiger partial charge in [-0.25, -0.2) is 15.8 Å². The third-order valence-corrected chi connectivity index (χ3v) is 1.82. The lowest BCUT2D eigenvalue weighted by Crippen LogP contribution is -1.98. The van der Waals surface area contributed by atoms with Gasteiger partial charge in [-0.1, -0.05) is 13.0 Å². The van der Waals surface area contributed by atoms with Crippen molar-refractivity contribution >= 4 is 0 Å². The maximum atomic E-state index is 8.55. The molecule has 0 spiro atoms. The van der Waals surface area contributed by atoms with Gasteiger partial charge in [0.2, 0.25) is 11.5 Å². The van der Waals surface area contributed by atoms with Gasteiger partial charge < -0.3 is 14.7 Å². The van der Waals surface area contributed by atoms with E-state index in [1.165, 1.54) is 6.07 Å². The van der Waals surface area contributed by atoms with Gasteiger partial charge in [0.25, 0.3) is 5.75 Å². The number of rotatable bonds is 4. The van der Waals surface area contributed by atoms with Gasteiger partial charge in [0.1, 0.15) is 0 Å². The van der Waals surface area contributed by atoms with Gasteiger partial charge in [-0.3, -0.25) is 0 Å². The summed E-state index contributed by atoms with van der Waals surface area (Å²) in [6.45, 7) is 1.82. The Kier molecular flexibility index (Phi) is 3.52. The first kappa shape index (κ1) is 10.6. The monoisotopic (exact) mass is 202 g/mol. The molecule has 1 rings (SSSR count). The van der Waals surface area contributed by atoms with Crippen molar-refractivity contribution in [2.45, 2.75) is 13.3 Å². The second-order valence-electron chi connectivity index (χ2n) is 2.51. The van der Waals surface area contributed by atoms with E-state index in [-0.39, 0.29) is 17.2 Å². The van der Waals surface area contributed by atoms with E-state index in [1.807, 2.05) is 6.92 Å². The van der Waals surface area contributed by atoms with Crippen LogP contribution in [0.2, 0.25) is 0 Å². The highest BCUT2D eigenvalue weighted by Crippen LogP contribution is 2.39. The Labute approximate surface area is 79.7 Å². The molecule has 0 saturated carbocycles. The summed E-state index contributed by atoms with van der Waals surface area (Å²) in [5, 5.41) is 25.5. The van der Waals surface area contributed by atoms with Crippen molar-refractivity contribution in [3.63, 3.8) is 0 Å². The van der Waals surface area contributed by atoms with Crippen LogP contribution < -0.4 is 14.7 Å². The molecule has 0 aromatic heterocycles. The lowest BCUT2D eigenvalue weighted by Gasteiger charge is -2.09. The highest BCUT2D eigenvalue weighted by molar-refractivity contribution is 5.55. The molecule has 0 unspecified atom stereocenters. The molecular formula is C8H10O6. The zero-order chi connectivity index (χ0) is 10.6. The molecular weight excluding hydrogens is 192 g/mol. The molecule has 0 aliphatic heterocycles. The first-order valence-corrected chi connectivity index (χ1v) is 3.88. The van der Waals surface area contributed by atoms with Crippen LogP contribution in [0.15, 0.2) is 12.1 Å². The molecule has 0 fully saturated rings. The summed E-state index contributed by atoms with van der Waals surface area (Å²) in [4.78, 5) is 11.9. The minimum Gasteiger partial charge on any atom is -0.336 e. The van der Waals surface area contributed by atoms with E-state index in [2.05, 4.69) is 14.7 Å². The Morgan fingerprint density at radius 3 is 2.07 bits per heavy atom. The molecule has 6 heteroatoms. The average molecular weight is 202 g/mol. The molecule has 0 aliphatic rings. The quantitative estimate of drug-likeness (QED) is 0.509. The van der Waals surface area contributed by atoms with E-state index in [4.69, 9.17) is 15.8 Å². The lowest BCUT2D eigenvalue weighted by atomic mass is 10.1. The van der Waals surface area contributed by atoms with Gasteiger partial charge in [0.05, 0.1) is 0 Å². The first-order valence-electron chi connectivity index (χ1n) is 3.88. The first-order chi connectivity index (χ1) is 6.78. The van der Waals surface area contributed by atoms with Gasteiger partial charge in [-0.05, 0) is 12.5 Å². The molecule has 3 N–H and O–H groups in total. The second-order valence-corrected chi connectivity index (χ2v) is 2.51. The van der Waals surface area contributed by atoms with Gasteiger partial charge >= 0.3 is 0 Å². The standard InChI is InChI=1S/C8H10O6/c1-2-5-3-4-6(12-9)8(14-11)7(5)13-10/h3-4,9-11H,2H2,1H3. The molecule has 1 aromatic carbocycles. The molecule has 78 valence electrons. The zero-order valence-electron chi connectivity index (χ0n) is 7.43. The summed E-state index contributed by atoms with van der Waals surface area (Å²) in [5.74, 6) is -0.537. The normalized spacial score (nSPS) is 9.71. The van der Waals surface area contributed by atoms with Crippen molar-refractivity contribution in [1.82, 2.24) is 0 Å². The molecule has 0 bridgehead atoms. The largest absolute Gasteiger partial charge is 0.336 e. The number of hydrogen-bond acceptors (Lipinski definition) is 6. The molecule has 0 heterocycles. The van der Waals surface area contributed by atoms with E-state index in [1.54, 1.807) is 6.07 Å². The predicted molar refractivity (Wildman–Crippen MR) is 45.6 cm³/mol. The Morgan fingerprint density at radius 2 is 1.64 bits per heavy atom. The SMILES string of the molecule is CCc1ccc(OO)c(OO)c1OO. The van der Waals surface area contributed by atoms with Crippen LogP contribution in [0.25, 0.3) is 0 Å². The summed E-state index contributed by atoms with van der Waals surface area (Å²) < 4.78 is 0. The lowest BCUT2D eigenvalue weighted by molar-refractivity contribution is -0.178. The molecule has 0 atom stereocenters. The van der Waals surface area contributed by atoms with Crippen LogP contribution in [0.1, 0.15) is 12.5 Å². The number of benzene rings is 1. The molecule has 1 aromatic rings. The van der Waals surface area contributed by atoms with Crippen LogP contribution in [-0.2, 0) is 6.42 Å². The Balaban J connectivity index is 3.28. The highest BCUT2D eigenvalue weighted by atomic mass is 17.1. The molecule has 6 nitrogen and oxygen atoms in total. The smallest absolute Gasteiger partial charge is 0.257 e. The van der Waals surface area contributed by atoms with E-state index in [9.17, 15) is 0 Å². The van der Waals surface area contributed by atoms with Crippen molar-refractivity contribution in [3.8, 4) is 17.2 Å². The van der Waals surface area contributed by atoms with Crippen LogP contribution in [0.4, 0.5) is 0 Å². The highest BCUT2D eigenvalue weighted by Gasteiger charge is 2.18. The Bertz CT molecular complexity index is 280. The predicted octanol–water partition coefficient (Wildman–Crippen LogP) is 1.80. The number of aryl methyl sites for hydroxylation is 1. The minimum absolute atomic E-state index is 0.0958. The van der Waals surface area contributed by atoms with Crippen LogP contribution in [0, 0.1) is 0 Å². The van der Waals surface area contributed by atoms with E-state index < -0.39 is 0 Å². The maximum absolute atomic E-state index is 8.55. The van der Waals surface area contributed by atoms with Gasteiger partial charge in [-0.2, -0.15) is 0 Å². The van der Waals surface area contributed by atoms with Gasteiger partial charge in [0, 0.05) is 5.56 Å². The summed E-state index contributed by atoms with van der Waals surface area (Å²) in [6, 6.07) is 2.92. The molecule has 0 amide bonds. The second kappa shape index (κ2) is 4.66. The van der Waals surface area contributed by atoms with Crippen LogP contribution in [0.3, 0.4) is 0 Å². The van der Waals surface area contributed by atoms with E-state index in [0.29, 0.717) is 12.0 Å². The van der Waals surface area contributed by atoms with Crippen LogP contribution in [0.5, 0.6) is 17.2 Å². The van der Waals surface area contributed by atoms with Gasteiger partial charge in [-0.15, -0.1) is 0 Å². The minimum atomic E-state index is -0.283. The fourth-order valence-electron chi connectivity index (χ4n) is 1.12. The summed E-state index contributed by atoms with van der Waals surface area (Å²) in [5.41, 5.74) is 0.595. The van der Waals surface area contributed by atoms with Crippen LogP contribution in [-0.4, -0.2) is 15.8 Å². The fraction of sp³-hybridized carbons (Fsp3) is 0.250. The van der Waals surface area contributed by atoms with Crippen molar-refractivity contribution in [2.75, 3.05) is 0 Å². The zero-order valence-corrected chi connectivity index (χ0v) is 7.43. The summed E-state index contributed by atoms with van der Waals surface area (Å²) in [6.07, 6.45) is 0.554. The van der Waals surface area contributed by atoms with Crippen LogP contribution >= 0.6 is 0 Å². The van der Waals surface area contributed by atoms with Gasteiger partial charge in [0.15, 0.2) is 0 Å². The molecule has 0 aliphatic carbocycles. The van der Waals surface area contributed by atoms with Crippen molar-refractivity contribution in [2.24, 2.45) is 0 Å². The van der Waals surface area contributed by atoms with E-state index in [0.717, 1.165) is 0 Å². The third kappa shape index (κ3) is 1.72. The summed E-state index contributed by atoms with van der Waals surface area (Å²) >= 11 is 0. The Hall–Kier alpha value is -1.50. The number of hydrogen-bond donors (Lipinski definition) is 3. The van der Waals surface area contributed by atoms with Crippen molar-refractivity contribution in [3.05, 3.63) is 17.7 Å². The summed E-state index contributed by atoms with van der Waals surface area (Å²) in [7, 11) is 0. The van der Waals surface area contributed by atoms with E-state index >= 15 is 0 Å². The average Bonchev–Trinajstić information content (AvgIpc) is 2.26. The van der Waals surface area contributed by atoms with Crippen molar-refractivity contribution in [1.29, 1.82) is 0 Å². The topological polar surface area (TPSA) is 88.4 Å². The van der Waals surface area contributed by atoms with Crippen molar-refractivity contribution < 1.29 is 30.4 Å². The fourth-order valence-corrected chi connectivity index (χ4v) is 1.12.